The van der Waals surface area contributed by atoms with E-state index in [4.69, 9.17) is 5.11 Å². The molecule has 1 fully saturated rings. The summed E-state index contributed by atoms with van der Waals surface area (Å²) in [5.74, 6) is -0.864. The second kappa shape index (κ2) is 6.47. The van der Waals surface area contributed by atoms with Crippen molar-refractivity contribution < 1.29 is 23.1 Å². The first-order chi connectivity index (χ1) is 9.88. The maximum Gasteiger partial charge on any atom is 0.416 e. The molecule has 1 saturated carbocycles. The predicted molar refractivity (Wildman–Crippen MR) is 72.1 cm³/mol. The number of carboxylic acid groups (broad SMARTS) is 1. The number of rotatable bonds is 5. The number of benzene rings is 1. The number of aliphatic carboxylic acids is 1. The van der Waals surface area contributed by atoms with Gasteiger partial charge in [0, 0.05) is 12.6 Å². The van der Waals surface area contributed by atoms with Gasteiger partial charge in [0.25, 0.3) is 0 Å². The predicted octanol–water partition coefficient (Wildman–Crippen LogP) is 3.41. The molecule has 116 valence electrons. The number of halogens is 3. The monoisotopic (exact) mass is 301 g/mol. The molecule has 2 unspecified atom stereocenters. The van der Waals surface area contributed by atoms with Crippen LogP contribution in [0, 0.1) is 0 Å². The number of carbonyl (C=O) groups is 1. The second-order valence-corrected chi connectivity index (χ2v) is 5.36. The number of hydrogen-bond acceptors (Lipinski definition) is 2. The van der Waals surface area contributed by atoms with Crippen molar-refractivity contribution in [1.82, 2.24) is 5.32 Å². The van der Waals surface area contributed by atoms with Crippen molar-refractivity contribution in [2.75, 3.05) is 6.54 Å². The molecule has 0 amide bonds. The van der Waals surface area contributed by atoms with Crippen molar-refractivity contribution in [3.63, 3.8) is 0 Å². The van der Waals surface area contributed by atoms with E-state index in [-0.39, 0.29) is 18.4 Å². The van der Waals surface area contributed by atoms with Crippen LogP contribution in [0.4, 0.5) is 13.2 Å². The smallest absolute Gasteiger partial charge is 0.416 e. The van der Waals surface area contributed by atoms with Crippen molar-refractivity contribution in [3.8, 4) is 0 Å². The highest BCUT2D eigenvalue weighted by atomic mass is 19.4. The average molecular weight is 301 g/mol. The fraction of sp³-hybridized carbons (Fsp3) is 0.533. The minimum absolute atomic E-state index is 0.0149. The van der Waals surface area contributed by atoms with Gasteiger partial charge in [-0.25, -0.2) is 0 Å². The minimum Gasteiger partial charge on any atom is -0.481 e. The fourth-order valence-corrected chi connectivity index (χ4v) is 2.91. The van der Waals surface area contributed by atoms with Crippen molar-refractivity contribution >= 4 is 5.97 Å². The molecule has 0 spiro atoms. The van der Waals surface area contributed by atoms with Crippen LogP contribution in [0.5, 0.6) is 0 Å². The molecule has 0 saturated heterocycles. The van der Waals surface area contributed by atoms with Crippen LogP contribution in [0.2, 0.25) is 0 Å². The molecule has 6 heteroatoms. The molecule has 0 radical (unpaired) electrons. The molecule has 2 N–H and O–H groups in total. The van der Waals surface area contributed by atoms with E-state index in [1.54, 1.807) is 6.07 Å². The van der Waals surface area contributed by atoms with Gasteiger partial charge in [0.1, 0.15) is 0 Å². The number of carboxylic acids is 1. The Labute approximate surface area is 121 Å². The molecular formula is C15H18F3NO2. The van der Waals surface area contributed by atoms with Crippen molar-refractivity contribution in [2.24, 2.45) is 0 Å². The highest BCUT2D eigenvalue weighted by molar-refractivity contribution is 5.66. The summed E-state index contributed by atoms with van der Waals surface area (Å²) in [6.45, 7) is 0.343. The van der Waals surface area contributed by atoms with Crippen LogP contribution in [-0.2, 0) is 11.0 Å². The average Bonchev–Trinajstić information content (AvgIpc) is 2.86. The third kappa shape index (κ3) is 4.20. The molecule has 1 aliphatic rings. The molecule has 3 nitrogen and oxygen atoms in total. The first-order valence-corrected chi connectivity index (χ1v) is 7.00. The Morgan fingerprint density at radius 1 is 1.33 bits per heavy atom. The number of alkyl halides is 3. The van der Waals surface area contributed by atoms with Crippen LogP contribution in [0.25, 0.3) is 0 Å². The Balaban J connectivity index is 2.07. The molecule has 1 aromatic carbocycles. The molecule has 0 heterocycles. The zero-order valence-electron chi connectivity index (χ0n) is 11.5. The fourth-order valence-electron chi connectivity index (χ4n) is 2.91. The SMILES string of the molecule is O=C(O)CCNC1CCCC1c1cccc(C(F)(F)F)c1. The van der Waals surface area contributed by atoms with Crippen LogP contribution in [0.3, 0.4) is 0 Å². The zero-order valence-corrected chi connectivity index (χ0v) is 11.5. The standard InChI is InChI=1S/C15H18F3NO2/c16-15(17,18)11-4-1-3-10(9-11)12-5-2-6-13(12)19-8-7-14(20)21/h1,3-4,9,12-13,19H,2,5-8H2,(H,20,21). The van der Waals surface area contributed by atoms with Crippen molar-refractivity contribution in [2.45, 2.75) is 43.8 Å². The Bertz CT molecular complexity index is 502. The molecular weight excluding hydrogens is 283 g/mol. The third-order valence-corrected chi connectivity index (χ3v) is 3.90. The zero-order chi connectivity index (χ0) is 15.5. The van der Waals surface area contributed by atoms with Gasteiger partial charge in [0.05, 0.1) is 12.0 Å². The second-order valence-electron chi connectivity index (χ2n) is 5.36. The van der Waals surface area contributed by atoms with Crippen molar-refractivity contribution in [3.05, 3.63) is 35.4 Å². The highest BCUT2D eigenvalue weighted by Crippen LogP contribution is 2.37. The third-order valence-electron chi connectivity index (χ3n) is 3.90. The van der Waals surface area contributed by atoms with Crippen molar-refractivity contribution in [1.29, 1.82) is 0 Å². The summed E-state index contributed by atoms with van der Waals surface area (Å²) in [4.78, 5) is 10.5. The summed E-state index contributed by atoms with van der Waals surface area (Å²) in [6.07, 6.45) is -1.69. The Morgan fingerprint density at radius 2 is 2.10 bits per heavy atom. The largest absolute Gasteiger partial charge is 0.481 e. The summed E-state index contributed by atoms with van der Waals surface area (Å²) in [7, 11) is 0. The molecule has 1 aliphatic carbocycles. The first-order valence-electron chi connectivity index (χ1n) is 7.00. The van der Waals surface area contributed by atoms with E-state index in [0.717, 1.165) is 25.3 Å². The maximum atomic E-state index is 12.8. The van der Waals surface area contributed by atoms with E-state index in [0.29, 0.717) is 12.1 Å². The van der Waals surface area contributed by atoms with E-state index in [2.05, 4.69) is 5.32 Å². The summed E-state index contributed by atoms with van der Waals surface area (Å²) in [5.41, 5.74) is 0.0475. The van der Waals surface area contributed by atoms with Gasteiger partial charge in [-0.05, 0) is 30.4 Å². The van der Waals surface area contributed by atoms with Gasteiger partial charge in [-0.15, -0.1) is 0 Å². The van der Waals surface area contributed by atoms with Crippen LogP contribution in [0.15, 0.2) is 24.3 Å². The van der Waals surface area contributed by atoms with E-state index >= 15 is 0 Å². The highest BCUT2D eigenvalue weighted by Gasteiger charge is 2.33. The molecule has 2 atom stereocenters. The van der Waals surface area contributed by atoms with Gasteiger partial charge in [-0.3, -0.25) is 4.79 Å². The van der Waals surface area contributed by atoms with E-state index in [1.165, 1.54) is 12.1 Å². The van der Waals surface area contributed by atoms with Crippen LogP contribution < -0.4 is 5.32 Å². The molecule has 0 bridgehead atoms. The van der Waals surface area contributed by atoms with E-state index < -0.39 is 17.7 Å². The Hall–Kier alpha value is -1.56. The lowest BCUT2D eigenvalue weighted by molar-refractivity contribution is -0.138. The van der Waals surface area contributed by atoms with E-state index in [1.807, 2.05) is 0 Å². The lowest BCUT2D eigenvalue weighted by Gasteiger charge is -2.22. The topological polar surface area (TPSA) is 49.3 Å². The normalized spacial score (nSPS) is 22.4. The van der Waals surface area contributed by atoms with Gasteiger partial charge in [-0.1, -0.05) is 24.6 Å². The van der Waals surface area contributed by atoms with Crippen LogP contribution in [0.1, 0.15) is 42.7 Å². The number of hydrogen-bond donors (Lipinski definition) is 2. The van der Waals surface area contributed by atoms with Crippen LogP contribution in [-0.4, -0.2) is 23.7 Å². The van der Waals surface area contributed by atoms with Gasteiger partial charge < -0.3 is 10.4 Å². The van der Waals surface area contributed by atoms with Gasteiger partial charge in [-0.2, -0.15) is 13.2 Å². The Kier molecular flexibility index (Phi) is 4.88. The summed E-state index contributed by atoms with van der Waals surface area (Å²) < 4.78 is 38.3. The first kappa shape index (κ1) is 15.8. The molecule has 1 aromatic rings. The summed E-state index contributed by atoms with van der Waals surface area (Å²) >= 11 is 0. The maximum absolute atomic E-state index is 12.8. The van der Waals surface area contributed by atoms with E-state index in [9.17, 15) is 18.0 Å². The van der Waals surface area contributed by atoms with Crippen LogP contribution >= 0.6 is 0 Å². The van der Waals surface area contributed by atoms with Gasteiger partial charge >= 0.3 is 12.1 Å². The minimum atomic E-state index is -4.33. The molecule has 0 aromatic heterocycles. The summed E-state index contributed by atoms with van der Waals surface area (Å²) in [6, 6.07) is 5.49. The Morgan fingerprint density at radius 3 is 2.76 bits per heavy atom. The van der Waals surface area contributed by atoms with Gasteiger partial charge in [0.15, 0.2) is 0 Å². The summed E-state index contributed by atoms with van der Waals surface area (Å²) in [5, 5.41) is 11.8. The number of nitrogens with one attached hydrogen (secondary N) is 1. The van der Waals surface area contributed by atoms with Gasteiger partial charge in [0.2, 0.25) is 0 Å². The lowest BCUT2D eigenvalue weighted by atomic mass is 9.92. The molecule has 21 heavy (non-hydrogen) atoms. The molecule has 0 aliphatic heterocycles. The lowest BCUT2D eigenvalue weighted by Crippen LogP contribution is -2.33. The quantitative estimate of drug-likeness (QED) is 0.876. The molecule has 2 rings (SSSR count).